The van der Waals surface area contributed by atoms with E-state index in [0.29, 0.717) is 18.4 Å². The summed E-state index contributed by atoms with van der Waals surface area (Å²) in [6, 6.07) is 2.65. The van der Waals surface area contributed by atoms with Crippen molar-refractivity contribution in [2.24, 2.45) is 5.73 Å². The zero-order valence-corrected chi connectivity index (χ0v) is 22.3. The van der Waals surface area contributed by atoms with E-state index < -0.39 is 94.6 Å². The lowest BCUT2D eigenvalue weighted by atomic mass is 9.83. The minimum atomic E-state index is -1.46. The summed E-state index contributed by atoms with van der Waals surface area (Å²) in [6.07, 6.45) is 1.39. The molecule has 16 heteroatoms. The fourth-order valence-corrected chi connectivity index (χ4v) is 6.38. The summed E-state index contributed by atoms with van der Waals surface area (Å²) in [7, 11) is 0. The summed E-state index contributed by atoms with van der Waals surface area (Å²) in [6.45, 7) is -4.36. The molecule has 7 N–H and O–H groups in total. The van der Waals surface area contributed by atoms with Gasteiger partial charge in [-0.2, -0.15) is 0 Å². The van der Waals surface area contributed by atoms with Gasteiger partial charge >= 0.3 is 29.8 Å². The van der Waals surface area contributed by atoms with Crippen LogP contribution < -0.4 is 5.73 Å². The molecular formula is C25H36N4O12+2. The normalized spacial score (nSPS) is 18.3. The lowest BCUT2D eigenvalue weighted by Gasteiger charge is -2.53. The van der Waals surface area contributed by atoms with Gasteiger partial charge in [0.15, 0.2) is 32.7 Å². The third-order valence-corrected chi connectivity index (χ3v) is 7.59. The van der Waals surface area contributed by atoms with Crippen LogP contribution in [0.4, 0.5) is 5.69 Å². The van der Waals surface area contributed by atoms with Crippen molar-refractivity contribution in [2.75, 3.05) is 39.3 Å². The smallest absolute Gasteiger partial charge is 0.359 e. The molecule has 16 nitrogen and oxygen atoms in total. The van der Waals surface area contributed by atoms with Crippen molar-refractivity contribution >= 4 is 35.5 Å². The van der Waals surface area contributed by atoms with Gasteiger partial charge in [-0.05, 0) is 24.8 Å². The number of hydrogen-bond donors (Lipinski definition) is 6. The molecule has 1 saturated carbocycles. The number of carbonyl (C=O) groups is 5. The third-order valence-electron chi connectivity index (χ3n) is 7.59. The number of carboxylic acid groups (broad SMARTS) is 5. The van der Waals surface area contributed by atoms with Gasteiger partial charge in [0.05, 0.1) is 17.5 Å². The van der Waals surface area contributed by atoms with E-state index >= 15 is 0 Å². The number of nitrogens with two attached hydrogens (primary N) is 1. The fourth-order valence-electron chi connectivity index (χ4n) is 6.38. The van der Waals surface area contributed by atoms with E-state index in [1.165, 1.54) is 24.3 Å². The first kappa shape index (κ1) is 33.1. The molecule has 1 aliphatic carbocycles. The molecular weight excluding hydrogens is 548 g/mol. The van der Waals surface area contributed by atoms with Crippen molar-refractivity contribution in [1.82, 2.24) is 0 Å². The molecule has 0 aliphatic heterocycles. The van der Waals surface area contributed by atoms with Crippen molar-refractivity contribution in [2.45, 2.75) is 50.2 Å². The Kier molecular flexibility index (Phi) is 11.3. The second-order valence-corrected chi connectivity index (χ2v) is 10.7. The molecule has 0 bridgehead atoms. The second-order valence-electron chi connectivity index (χ2n) is 10.7. The Morgan fingerprint density at radius 3 is 1.49 bits per heavy atom. The average Bonchev–Trinajstić information content (AvgIpc) is 2.82. The predicted molar refractivity (Wildman–Crippen MR) is 139 cm³/mol. The summed E-state index contributed by atoms with van der Waals surface area (Å²) >= 11 is 0. The van der Waals surface area contributed by atoms with Crippen LogP contribution in [0.25, 0.3) is 0 Å². The molecule has 1 aromatic carbocycles. The van der Waals surface area contributed by atoms with E-state index in [1.807, 2.05) is 0 Å². The number of non-ortho nitro benzene ring substituents is 1. The highest BCUT2D eigenvalue weighted by atomic mass is 16.6. The molecule has 1 aromatic rings. The van der Waals surface area contributed by atoms with Gasteiger partial charge in [0.2, 0.25) is 0 Å². The molecule has 0 saturated heterocycles. The van der Waals surface area contributed by atoms with Crippen LogP contribution in [0.2, 0.25) is 0 Å². The molecule has 0 spiro atoms. The molecule has 0 unspecified atom stereocenters. The molecule has 1 aliphatic rings. The molecule has 41 heavy (non-hydrogen) atoms. The molecule has 0 heterocycles. The number of carboxylic acids is 5. The van der Waals surface area contributed by atoms with E-state index in [2.05, 4.69) is 0 Å². The standard InChI is InChI=1S/C25H34N4O12/c26-17(9-16-5-7-18(8-6-16)27(40)41)10-28(11-21(30)31,12-22(32)33)19-3-1-2-4-20(19)29(13-23(34)35,14-24(36)37)15-25(38)39/h5-8,17,19-20H,1-4,9-15,26H2,(H3-2,30,31,32,33,34,35,36,37,38,39)/p+2/t17-,19+,20+/m1/s1. The highest BCUT2D eigenvalue weighted by molar-refractivity contribution is 5.73. The highest BCUT2D eigenvalue weighted by Crippen LogP contribution is 2.36. The summed E-state index contributed by atoms with van der Waals surface area (Å²) < 4.78 is -1.59. The van der Waals surface area contributed by atoms with Crippen LogP contribution >= 0.6 is 0 Å². The largest absolute Gasteiger partial charge is 0.477 e. The molecule has 0 radical (unpaired) electrons. The summed E-state index contributed by atoms with van der Waals surface area (Å²) in [5, 5.41) is 59.9. The van der Waals surface area contributed by atoms with E-state index in [9.17, 15) is 59.6 Å². The van der Waals surface area contributed by atoms with Crippen LogP contribution in [0.15, 0.2) is 24.3 Å². The number of nitro benzene ring substituents is 1. The van der Waals surface area contributed by atoms with Crippen LogP contribution in [-0.4, -0.2) is 127 Å². The molecule has 0 aromatic heterocycles. The second kappa shape index (κ2) is 14.0. The van der Waals surface area contributed by atoms with Crippen LogP contribution in [0.3, 0.4) is 0 Å². The molecule has 226 valence electrons. The summed E-state index contributed by atoms with van der Waals surface area (Å²) in [5.74, 6) is -7.11. The van der Waals surface area contributed by atoms with Gasteiger partial charge in [0, 0.05) is 25.0 Å². The molecule has 3 atom stereocenters. The minimum Gasteiger partial charge on any atom is -0.477 e. The lowest BCUT2D eigenvalue weighted by molar-refractivity contribution is -1.00. The fraction of sp³-hybridized carbons (Fsp3) is 0.560. The van der Waals surface area contributed by atoms with Crippen LogP contribution in [0, 0.1) is 10.1 Å². The first-order valence-corrected chi connectivity index (χ1v) is 12.9. The maximum absolute atomic E-state index is 12.2. The number of nitro groups is 1. The van der Waals surface area contributed by atoms with Gasteiger partial charge in [0.25, 0.3) is 5.69 Å². The monoisotopic (exact) mass is 584 g/mol. The average molecular weight is 585 g/mol. The van der Waals surface area contributed by atoms with Crippen molar-refractivity contribution in [1.29, 1.82) is 0 Å². The van der Waals surface area contributed by atoms with Crippen molar-refractivity contribution in [3.63, 3.8) is 0 Å². The van der Waals surface area contributed by atoms with Gasteiger partial charge in [-0.3, -0.25) is 19.1 Å². The molecule has 1 fully saturated rings. The Balaban J connectivity index is 2.64. The van der Waals surface area contributed by atoms with E-state index in [0.717, 1.165) is 0 Å². The zero-order chi connectivity index (χ0) is 31.0. The summed E-state index contributed by atoms with van der Waals surface area (Å²) in [5.41, 5.74) is 6.84. The predicted octanol–water partition coefficient (Wildman–Crippen LogP) is -0.168. The van der Waals surface area contributed by atoms with Crippen LogP contribution in [0.1, 0.15) is 31.2 Å². The Labute approximate surface area is 234 Å². The Hall–Kier alpha value is -4.15. The molecule has 2 rings (SSSR count). The Bertz CT molecular complexity index is 1100. The van der Waals surface area contributed by atoms with Crippen molar-refractivity contribution < 1.29 is 63.4 Å². The van der Waals surface area contributed by atoms with Crippen LogP contribution in [-0.2, 0) is 30.4 Å². The number of rotatable bonds is 17. The lowest BCUT2D eigenvalue weighted by Crippen LogP contribution is -2.74. The van der Waals surface area contributed by atoms with Crippen LogP contribution in [0.5, 0.6) is 0 Å². The minimum absolute atomic E-state index is 0.0913. The van der Waals surface area contributed by atoms with Gasteiger partial charge in [-0.25, -0.2) is 24.0 Å². The number of hydrogen-bond acceptors (Lipinski definition) is 8. The number of aliphatic carboxylic acids is 5. The van der Waals surface area contributed by atoms with Crippen molar-refractivity contribution in [3.05, 3.63) is 39.9 Å². The quantitative estimate of drug-likeness (QED) is 0.0791. The zero-order valence-electron chi connectivity index (χ0n) is 22.3. The van der Waals surface area contributed by atoms with E-state index in [4.69, 9.17) is 5.73 Å². The molecule has 0 amide bonds. The summed E-state index contributed by atoms with van der Waals surface area (Å²) in [4.78, 5) is 70.5. The third kappa shape index (κ3) is 9.19. The number of nitrogens with zero attached hydrogens (tertiary/aromatic N) is 3. The van der Waals surface area contributed by atoms with Crippen molar-refractivity contribution in [3.8, 4) is 0 Å². The van der Waals surface area contributed by atoms with Gasteiger partial charge in [-0.15, -0.1) is 0 Å². The van der Waals surface area contributed by atoms with E-state index in [1.54, 1.807) is 0 Å². The topological polar surface area (TPSA) is 256 Å². The van der Waals surface area contributed by atoms with Gasteiger partial charge in [-0.1, -0.05) is 12.1 Å². The first-order valence-electron chi connectivity index (χ1n) is 12.9. The Morgan fingerprint density at radius 1 is 0.756 bits per heavy atom. The maximum Gasteiger partial charge on any atom is 0.359 e. The SMILES string of the molecule is N[C@H](Cc1ccc([N+](=O)[O-])cc1)C[N+](CC(=O)O)(CC(=O)O)[C@H]1CCCC[C@@H]1[N+](CC(=O)O)(CC(=O)O)CC(=O)O. The highest BCUT2D eigenvalue weighted by Gasteiger charge is 2.56. The Morgan fingerprint density at radius 2 is 1.12 bits per heavy atom. The van der Waals surface area contributed by atoms with Gasteiger partial charge < -0.3 is 31.3 Å². The number of quaternary nitrogens is 2. The van der Waals surface area contributed by atoms with Gasteiger partial charge in [0.1, 0.15) is 12.1 Å². The number of benzene rings is 1. The van der Waals surface area contributed by atoms with E-state index in [-0.39, 0.29) is 31.5 Å². The first-order chi connectivity index (χ1) is 19.1. The maximum atomic E-state index is 12.2.